The molecule has 7 heteroatoms. The molecule has 2 aromatic carbocycles. The molecule has 2 aromatic rings. The number of amidine groups is 1. The Morgan fingerprint density at radius 3 is 2.54 bits per heavy atom. The number of hydrogen-bond donors (Lipinski definition) is 0. The average molecular weight is 401 g/mol. The molecule has 0 spiro atoms. The molecule has 2 aliphatic rings. The molecular formula is C21H24N2O4S. The molecule has 1 fully saturated rings. The average Bonchev–Trinajstić information content (AvgIpc) is 2.69. The zero-order chi connectivity index (χ0) is 19.7. The van der Waals surface area contributed by atoms with Crippen LogP contribution in [0.1, 0.15) is 29.9 Å². The smallest absolute Gasteiger partial charge is 0.256 e. The summed E-state index contributed by atoms with van der Waals surface area (Å²) >= 11 is 0. The second kappa shape index (κ2) is 7.47. The van der Waals surface area contributed by atoms with Crippen LogP contribution in [0, 0.1) is 6.92 Å². The largest absolute Gasteiger partial charge is 0.497 e. The van der Waals surface area contributed by atoms with Crippen molar-refractivity contribution in [1.29, 1.82) is 0 Å². The highest BCUT2D eigenvalue weighted by Crippen LogP contribution is 2.33. The fraction of sp³-hybridized carbons (Fsp3) is 0.381. The van der Waals surface area contributed by atoms with E-state index in [0.29, 0.717) is 12.4 Å². The van der Waals surface area contributed by atoms with E-state index in [2.05, 4.69) is 9.30 Å². The van der Waals surface area contributed by atoms with Crippen LogP contribution in [-0.2, 0) is 10.0 Å². The third-order valence-corrected chi connectivity index (χ3v) is 6.46. The van der Waals surface area contributed by atoms with Crippen molar-refractivity contribution in [2.45, 2.75) is 25.7 Å². The van der Waals surface area contributed by atoms with Crippen molar-refractivity contribution in [3.8, 4) is 17.2 Å². The van der Waals surface area contributed by atoms with E-state index in [1.165, 1.54) is 0 Å². The van der Waals surface area contributed by atoms with Crippen molar-refractivity contribution in [3.63, 3.8) is 0 Å². The third kappa shape index (κ3) is 3.85. The molecule has 0 unspecified atom stereocenters. The molecular weight excluding hydrogens is 376 g/mol. The summed E-state index contributed by atoms with van der Waals surface area (Å²) in [6, 6.07) is 13.6. The van der Waals surface area contributed by atoms with Crippen LogP contribution in [0.4, 0.5) is 0 Å². The number of nitrogens with zero attached hydrogens (tertiary/aromatic N) is 2. The summed E-state index contributed by atoms with van der Waals surface area (Å²) in [7, 11) is -1.70. The number of ether oxygens (including phenoxy) is 2. The lowest BCUT2D eigenvalue weighted by molar-refractivity contribution is 0.366. The van der Waals surface area contributed by atoms with Gasteiger partial charge in [-0.1, -0.05) is 12.1 Å². The Bertz CT molecular complexity index is 1000. The van der Waals surface area contributed by atoms with Crippen LogP contribution in [0.2, 0.25) is 0 Å². The molecule has 148 valence electrons. The summed E-state index contributed by atoms with van der Waals surface area (Å²) < 4.78 is 39.3. The summed E-state index contributed by atoms with van der Waals surface area (Å²) in [5.74, 6) is 3.13. The Morgan fingerprint density at radius 2 is 1.82 bits per heavy atom. The normalized spacial score (nSPS) is 20.9. The van der Waals surface area contributed by atoms with Gasteiger partial charge in [-0.25, -0.2) is 8.42 Å². The molecule has 6 nitrogen and oxygen atoms in total. The van der Waals surface area contributed by atoms with Gasteiger partial charge in [-0.05, 0) is 61.2 Å². The van der Waals surface area contributed by atoms with E-state index in [4.69, 9.17) is 9.47 Å². The minimum absolute atomic E-state index is 0.0144. The van der Waals surface area contributed by atoms with Crippen molar-refractivity contribution in [3.05, 3.63) is 53.6 Å². The number of benzene rings is 2. The van der Waals surface area contributed by atoms with E-state index in [9.17, 15) is 8.42 Å². The standard InChI is InChI=1S/C21H24N2O4S/c1-15-14-18(26-2)9-10-20(15)27-17-7-5-16(6-8-17)19-4-3-11-23-12-13-28(24,25)22-21(19)23/h5-10,14,19H,3-4,11-13H2,1-2H3/t19-/m0/s1. The molecule has 2 heterocycles. The molecule has 2 aliphatic heterocycles. The minimum atomic E-state index is -3.34. The third-order valence-electron chi connectivity index (χ3n) is 5.30. The molecule has 1 saturated heterocycles. The maximum absolute atomic E-state index is 12.0. The molecule has 0 aromatic heterocycles. The van der Waals surface area contributed by atoms with E-state index < -0.39 is 10.0 Å². The number of piperidine rings is 1. The van der Waals surface area contributed by atoms with Crippen LogP contribution in [0.3, 0.4) is 0 Å². The molecule has 0 aliphatic carbocycles. The van der Waals surface area contributed by atoms with Crippen molar-refractivity contribution < 1.29 is 17.9 Å². The van der Waals surface area contributed by atoms with Crippen LogP contribution in [0.15, 0.2) is 46.9 Å². The highest BCUT2D eigenvalue weighted by molar-refractivity contribution is 7.90. The minimum Gasteiger partial charge on any atom is -0.497 e. The molecule has 28 heavy (non-hydrogen) atoms. The number of methoxy groups -OCH3 is 1. The van der Waals surface area contributed by atoms with Crippen LogP contribution in [0.5, 0.6) is 17.2 Å². The fourth-order valence-electron chi connectivity index (χ4n) is 3.79. The zero-order valence-electron chi connectivity index (χ0n) is 16.1. The quantitative estimate of drug-likeness (QED) is 0.782. The summed E-state index contributed by atoms with van der Waals surface area (Å²) in [6.45, 7) is 3.39. The van der Waals surface area contributed by atoms with Crippen LogP contribution >= 0.6 is 0 Å². The lowest BCUT2D eigenvalue weighted by atomic mass is 9.89. The first-order valence-electron chi connectivity index (χ1n) is 9.45. The second-order valence-electron chi connectivity index (χ2n) is 7.22. The number of hydrogen-bond acceptors (Lipinski definition) is 5. The van der Waals surface area contributed by atoms with Crippen molar-refractivity contribution >= 4 is 15.9 Å². The van der Waals surface area contributed by atoms with Gasteiger partial charge in [0.15, 0.2) is 0 Å². The Kier molecular flexibility index (Phi) is 5.02. The summed E-state index contributed by atoms with van der Waals surface area (Å²) in [6.07, 6.45) is 1.94. The van der Waals surface area contributed by atoms with E-state index >= 15 is 0 Å². The molecule has 0 amide bonds. The van der Waals surface area contributed by atoms with Gasteiger partial charge in [0.2, 0.25) is 0 Å². The van der Waals surface area contributed by atoms with Gasteiger partial charge >= 0.3 is 0 Å². The fourth-order valence-corrected chi connectivity index (χ4v) is 4.86. The number of sulfonamides is 1. The summed E-state index contributed by atoms with van der Waals surface area (Å²) in [5, 5.41) is 0. The Hall–Kier alpha value is -2.54. The second-order valence-corrected chi connectivity index (χ2v) is 8.97. The van der Waals surface area contributed by atoms with Gasteiger partial charge in [-0.2, -0.15) is 0 Å². The summed E-state index contributed by atoms with van der Waals surface area (Å²) in [5.41, 5.74) is 2.06. The molecule has 0 saturated carbocycles. The van der Waals surface area contributed by atoms with E-state index in [1.54, 1.807) is 7.11 Å². The Balaban J connectivity index is 1.55. The number of rotatable bonds is 4. The predicted octanol–water partition coefficient (Wildman–Crippen LogP) is 3.72. The highest BCUT2D eigenvalue weighted by Gasteiger charge is 2.33. The first-order valence-corrected chi connectivity index (χ1v) is 11.1. The molecule has 0 N–H and O–H groups in total. The lowest BCUT2D eigenvalue weighted by Crippen LogP contribution is -2.46. The van der Waals surface area contributed by atoms with Crippen LogP contribution in [0.25, 0.3) is 0 Å². The van der Waals surface area contributed by atoms with Gasteiger partial charge in [0.1, 0.15) is 23.1 Å². The van der Waals surface area contributed by atoms with Crippen molar-refractivity contribution in [2.75, 3.05) is 26.0 Å². The molecule has 0 bridgehead atoms. The van der Waals surface area contributed by atoms with E-state index in [-0.39, 0.29) is 11.7 Å². The van der Waals surface area contributed by atoms with Gasteiger partial charge in [0.25, 0.3) is 10.0 Å². The van der Waals surface area contributed by atoms with Crippen LogP contribution < -0.4 is 9.47 Å². The molecule has 0 radical (unpaired) electrons. The monoisotopic (exact) mass is 400 g/mol. The van der Waals surface area contributed by atoms with Gasteiger partial charge in [0.05, 0.1) is 12.9 Å². The maximum atomic E-state index is 12.0. The maximum Gasteiger partial charge on any atom is 0.256 e. The zero-order valence-corrected chi connectivity index (χ0v) is 16.9. The first kappa shape index (κ1) is 18.8. The van der Waals surface area contributed by atoms with E-state index in [0.717, 1.165) is 47.8 Å². The number of fused-ring (bicyclic) bond motifs is 1. The first-order chi connectivity index (χ1) is 13.4. The highest BCUT2D eigenvalue weighted by atomic mass is 32.2. The van der Waals surface area contributed by atoms with E-state index in [1.807, 2.05) is 49.4 Å². The SMILES string of the molecule is COc1ccc(Oc2ccc([C@@H]3CCCN4CCS(=O)(=O)N=C34)cc2)c(C)c1. The van der Waals surface area contributed by atoms with Gasteiger partial charge in [-0.15, -0.1) is 4.40 Å². The van der Waals surface area contributed by atoms with Crippen molar-refractivity contribution in [1.82, 2.24) is 4.90 Å². The molecule has 4 rings (SSSR count). The Morgan fingerprint density at radius 1 is 1.07 bits per heavy atom. The topological polar surface area (TPSA) is 68.2 Å². The van der Waals surface area contributed by atoms with Crippen molar-refractivity contribution in [2.24, 2.45) is 4.40 Å². The Labute approximate surface area is 165 Å². The predicted molar refractivity (Wildman–Crippen MR) is 109 cm³/mol. The van der Waals surface area contributed by atoms with Crippen LogP contribution in [-0.4, -0.2) is 45.1 Å². The van der Waals surface area contributed by atoms with Gasteiger partial charge < -0.3 is 14.4 Å². The molecule has 1 atom stereocenters. The summed E-state index contributed by atoms with van der Waals surface area (Å²) in [4.78, 5) is 2.11. The van der Waals surface area contributed by atoms with Gasteiger partial charge in [-0.3, -0.25) is 0 Å². The lowest BCUT2D eigenvalue weighted by Gasteiger charge is -2.37. The van der Waals surface area contributed by atoms with Gasteiger partial charge in [0, 0.05) is 19.0 Å². The number of aryl methyl sites for hydroxylation is 1.